The third-order valence-electron chi connectivity index (χ3n) is 12.9. The number of rotatable bonds is 15. The number of hydrogen-bond acceptors (Lipinski definition) is 17. The van der Waals surface area contributed by atoms with Crippen LogP contribution in [0.25, 0.3) is 0 Å². The maximum atomic E-state index is 14.9. The largest absolute Gasteiger partial charge is 0.459 e. The van der Waals surface area contributed by atoms with Gasteiger partial charge in [-0.25, -0.2) is 4.79 Å². The molecule has 1 amide bonds. The molecule has 3 aliphatic carbocycles. The van der Waals surface area contributed by atoms with Crippen LogP contribution >= 0.6 is 23.5 Å². The first-order chi connectivity index (χ1) is 28.5. The maximum absolute atomic E-state index is 14.9. The summed E-state index contributed by atoms with van der Waals surface area (Å²) < 4.78 is 24.0. The highest BCUT2D eigenvalue weighted by molar-refractivity contribution is 8.13. The molecule has 1 aliphatic heterocycles. The van der Waals surface area contributed by atoms with Gasteiger partial charge in [0.15, 0.2) is 27.7 Å². The number of thioether (sulfide) groups is 2. The first kappa shape index (κ1) is 48.4. The van der Waals surface area contributed by atoms with E-state index in [9.17, 15) is 54.0 Å². The molecule has 1 aromatic rings. The van der Waals surface area contributed by atoms with E-state index in [1.807, 2.05) is 0 Å². The second-order valence-corrected chi connectivity index (χ2v) is 19.6. The van der Waals surface area contributed by atoms with E-state index in [0.717, 1.165) is 30.4 Å². The summed E-state index contributed by atoms with van der Waals surface area (Å²) in [7, 11) is 0. The lowest BCUT2D eigenvalue weighted by atomic mass is 9.44. The van der Waals surface area contributed by atoms with E-state index in [0.29, 0.717) is 17.7 Å². The highest BCUT2D eigenvalue weighted by Gasteiger charge is 2.78. The highest BCUT2D eigenvalue weighted by atomic mass is 32.2. The number of aliphatic hydroxyl groups is 4. The molecule has 5 rings (SSSR count). The van der Waals surface area contributed by atoms with Crippen molar-refractivity contribution in [2.24, 2.45) is 16.7 Å². The third-order valence-corrected chi connectivity index (χ3v) is 14.7. The van der Waals surface area contributed by atoms with Crippen molar-refractivity contribution >= 4 is 63.4 Å². The van der Waals surface area contributed by atoms with Crippen molar-refractivity contribution < 1.29 is 72.9 Å². The lowest BCUT2D eigenvalue weighted by molar-refractivity contribution is -0.347. The van der Waals surface area contributed by atoms with Crippen LogP contribution in [-0.2, 0) is 52.5 Å². The summed E-state index contributed by atoms with van der Waals surface area (Å²) in [6, 6.07) is 6.88. The molecule has 1 saturated heterocycles. The molecule has 4 aliphatic rings. The van der Waals surface area contributed by atoms with Gasteiger partial charge in [-0.3, -0.25) is 28.8 Å². The second kappa shape index (κ2) is 19.0. The van der Waals surface area contributed by atoms with Gasteiger partial charge in [0.1, 0.15) is 30.0 Å². The lowest BCUT2D eigenvalue weighted by Gasteiger charge is -2.67. The second-order valence-electron chi connectivity index (χ2n) is 17.1. The molecule has 0 radical (unpaired) electrons. The predicted molar refractivity (Wildman–Crippen MR) is 221 cm³/mol. The third kappa shape index (κ3) is 9.36. The summed E-state index contributed by atoms with van der Waals surface area (Å²) in [5, 5.41) is 51.5. The molecule has 0 spiro atoms. The molecule has 5 N–H and O–H groups in total. The highest BCUT2D eigenvalue weighted by Crippen LogP contribution is 2.64. The van der Waals surface area contributed by atoms with Crippen molar-refractivity contribution in [1.82, 2.24) is 5.32 Å². The number of benzene rings is 1. The number of ketones is 1. The van der Waals surface area contributed by atoms with Crippen LogP contribution in [0.2, 0.25) is 0 Å². The number of hydrogen-bond donors (Lipinski definition) is 5. The minimum atomic E-state index is -2.36. The molecule has 0 unspecified atom stereocenters. The Balaban J connectivity index is 1.58. The van der Waals surface area contributed by atoms with E-state index >= 15 is 0 Å². The Kier molecular flexibility index (Phi) is 15.1. The van der Waals surface area contributed by atoms with E-state index in [-0.39, 0.29) is 59.4 Å². The number of amides is 1. The fourth-order valence-electron chi connectivity index (χ4n) is 9.69. The van der Waals surface area contributed by atoms with Crippen LogP contribution in [0.3, 0.4) is 0 Å². The van der Waals surface area contributed by atoms with Crippen LogP contribution in [-0.4, -0.2) is 126 Å². The van der Waals surface area contributed by atoms with Crippen LogP contribution < -0.4 is 5.32 Å². The topological polar surface area (TPSA) is 249 Å². The Morgan fingerprint density at radius 3 is 2.10 bits per heavy atom. The molecule has 1 heterocycles. The Morgan fingerprint density at radius 1 is 0.934 bits per heavy atom. The summed E-state index contributed by atoms with van der Waals surface area (Å²) in [4.78, 5) is 91.8. The van der Waals surface area contributed by atoms with Crippen LogP contribution in [0.15, 0.2) is 41.5 Å². The molecule has 16 nitrogen and oxygen atoms in total. The van der Waals surface area contributed by atoms with Gasteiger partial charge in [0.25, 0.3) is 0 Å². The van der Waals surface area contributed by atoms with Crippen molar-refractivity contribution in [3.63, 3.8) is 0 Å². The maximum Gasteiger partial charge on any atom is 0.338 e. The monoisotopic (exact) mass is 891 g/mol. The molecule has 2 bridgehead atoms. The molecular formula is C43H57NO15S2. The molecule has 2 saturated carbocycles. The van der Waals surface area contributed by atoms with E-state index in [4.69, 9.17) is 18.9 Å². The zero-order valence-electron chi connectivity index (χ0n) is 35.5. The molecule has 1 aromatic carbocycles. The number of aliphatic hydroxyl groups excluding tert-OH is 3. The fraction of sp³-hybridized carbons (Fsp3) is 0.651. The van der Waals surface area contributed by atoms with Crippen LogP contribution in [0.5, 0.6) is 0 Å². The van der Waals surface area contributed by atoms with Gasteiger partial charge in [-0.2, -0.15) is 0 Å². The van der Waals surface area contributed by atoms with Crippen molar-refractivity contribution in [2.75, 3.05) is 18.1 Å². The first-order valence-electron chi connectivity index (χ1n) is 20.4. The number of esters is 3. The molecular weight excluding hydrogens is 835 g/mol. The summed E-state index contributed by atoms with van der Waals surface area (Å²) in [6.07, 6.45) is -10.3. The van der Waals surface area contributed by atoms with E-state index in [1.165, 1.54) is 41.5 Å². The van der Waals surface area contributed by atoms with Crippen molar-refractivity contribution in [1.29, 1.82) is 0 Å². The van der Waals surface area contributed by atoms with Gasteiger partial charge in [-0.1, -0.05) is 67.7 Å². The van der Waals surface area contributed by atoms with Gasteiger partial charge in [0.2, 0.25) is 5.91 Å². The standard InChI is InChI=1S/C43H57NO15S2/c1-22-27(57-39(54)35(52)33(26-13-9-8-10-14-26)44-30(49)15-11-17-60-24(3)46)20-43(55)38(58-31(50)16-12-18-61-25(4)47)36-41(7,37(53)34(51)32(22)40(43,5)6)28(48)19-29-42(36,21-56-29)59-23(2)45/h8-10,13-14,27-29,33-36,38,48,51-52,55H,11-12,15-21H2,1-7H3,(H,44,49)/t27-,28-,29+,33-,34+,35+,36-,38-,41+,42-,43+/m0/s1. The lowest BCUT2D eigenvalue weighted by Crippen LogP contribution is -2.81. The van der Waals surface area contributed by atoms with Crippen LogP contribution in [0, 0.1) is 16.7 Å². The number of ether oxygens (including phenoxy) is 4. The van der Waals surface area contributed by atoms with Gasteiger partial charge >= 0.3 is 17.9 Å². The number of carbonyl (C=O) groups excluding carboxylic acids is 7. The minimum Gasteiger partial charge on any atom is -0.459 e. The summed E-state index contributed by atoms with van der Waals surface area (Å²) >= 11 is 2.07. The van der Waals surface area contributed by atoms with E-state index < -0.39 is 107 Å². The van der Waals surface area contributed by atoms with Crippen molar-refractivity contribution in [2.45, 2.75) is 141 Å². The first-order valence-corrected chi connectivity index (χ1v) is 22.3. The molecule has 11 atom stereocenters. The molecule has 18 heteroatoms. The SMILES string of the molecule is CC(=O)O[C@@]12CO[C@@H]1C[C@H](O)[C@@]1(C)C(=O)[C@H](O)C3=C(C)[C@@H](OC(=O)[C@H](O)[C@@H](NC(=O)CCCSC(C)=O)c4ccccc4)C[C@@](O)([C@@H](OC(=O)CCCSC(C)=O)[C@H]21)C3(C)C. The van der Waals surface area contributed by atoms with Gasteiger partial charge < -0.3 is 44.7 Å². The fourth-order valence-corrected chi connectivity index (χ4v) is 10.8. The smallest absolute Gasteiger partial charge is 0.338 e. The molecule has 61 heavy (non-hydrogen) atoms. The van der Waals surface area contributed by atoms with Gasteiger partial charge in [-0.15, -0.1) is 0 Å². The zero-order chi connectivity index (χ0) is 45.2. The molecule has 336 valence electrons. The summed E-state index contributed by atoms with van der Waals surface area (Å²) in [6.45, 7) is 9.57. The van der Waals surface area contributed by atoms with Crippen molar-refractivity contribution in [3.05, 3.63) is 47.0 Å². The van der Waals surface area contributed by atoms with Crippen LogP contribution in [0.4, 0.5) is 0 Å². The van der Waals surface area contributed by atoms with Gasteiger partial charge in [0, 0.05) is 63.4 Å². The van der Waals surface area contributed by atoms with E-state index in [2.05, 4.69) is 5.32 Å². The number of nitrogens with one attached hydrogen (secondary N) is 1. The Morgan fingerprint density at radius 2 is 1.54 bits per heavy atom. The minimum absolute atomic E-state index is 0.0154. The van der Waals surface area contributed by atoms with Crippen molar-refractivity contribution in [3.8, 4) is 0 Å². The Bertz CT molecular complexity index is 1920. The average Bonchev–Trinajstić information content (AvgIpc) is 3.18. The Labute approximate surface area is 363 Å². The summed E-state index contributed by atoms with van der Waals surface area (Å²) in [5.74, 6) is -5.16. The normalized spacial score (nSPS) is 32.3. The Hall–Kier alpha value is -3.65. The average molecular weight is 892 g/mol. The quantitative estimate of drug-likeness (QED) is 0.0735. The number of carbonyl (C=O) groups is 7. The van der Waals surface area contributed by atoms with Crippen LogP contribution in [0.1, 0.15) is 98.6 Å². The molecule has 3 fully saturated rings. The summed E-state index contributed by atoms with van der Waals surface area (Å²) in [5.41, 5.74) is -7.33. The van der Waals surface area contributed by atoms with Gasteiger partial charge in [-0.05, 0) is 43.4 Å². The zero-order valence-corrected chi connectivity index (χ0v) is 37.1. The number of fused-ring (bicyclic) bond motifs is 5. The van der Waals surface area contributed by atoms with E-state index in [1.54, 1.807) is 30.3 Å². The predicted octanol–water partition coefficient (Wildman–Crippen LogP) is 2.66. The van der Waals surface area contributed by atoms with Gasteiger partial charge in [0.05, 0.1) is 30.1 Å². The molecule has 0 aromatic heterocycles. The number of Topliss-reactive ketones (excluding diaryl/α,β-unsaturated/α-hetero) is 1.